The molecular weight excluding hydrogens is 468 g/mol. The molecule has 1 aliphatic heterocycles. The van der Waals surface area contributed by atoms with E-state index in [4.69, 9.17) is 18.9 Å². The maximum atomic E-state index is 13.8. The van der Waals surface area contributed by atoms with E-state index in [1.165, 1.54) is 4.41 Å². The van der Waals surface area contributed by atoms with Crippen molar-refractivity contribution >= 4 is 15.7 Å². The molecule has 0 fully saturated rings. The van der Waals surface area contributed by atoms with Crippen molar-refractivity contribution in [2.45, 2.75) is 24.3 Å². The minimum absolute atomic E-state index is 0.160. The molecule has 0 saturated heterocycles. The lowest BCUT2D eigenvalue weighted by atomic mass is 9.98. The highest BCUT2D eigenvalue weighted by Gasteiger charge is 2.39. The molecule has 35 heavy (non-hydrogen) atoms. The fourth-order valence-electron chi connectivity index (χ4n) is 4.05. The molecule has 0 radical (unpaired) electrons. The fraction of sp³-hybridized carbons (Fsp3) is 0.269. The van der Waals surface area contributed by atoms with Crippen LogP contribution in [0.4, 0.5) is 0 Å². The molecule has 3 aromatic rings. The monoisotopic (exact) mass is 496 g/mol. The maximum Gasteiger partial charge on any atom is 0.279 e. The van der Waals surface area contributed by atoms with Crippen molar-refractivity contribution in [1.82, 2.24) is 4.41 Å². The smallest absolute Gasteiger partial charge is 0.279 e. The van der Waals surface area contributed by atoms with Crippen molar-refractivity contribution in [3.63, 3.8) is 0 Å². The number of hydrogen-bond donors (Lipinski definition) is 0. The lowest BCUT2D eigenvalue weighted by molar-refractivity contribution is 0.346. The van der Waals surface area contributed by atoms with Crippen LogP contribution in [0.3, 0.4) is 0 Å². The lowest BCUT2D eigenvalue weighted by Gasteiger charge is -2.25. The van der Waals surface area contributed by atoms with Gasteiger partial charge in [-0.05, 0) is 55.5 Å². The van der Waals surface area contributed by atoms with Crippen LogP contribution in [-0.2, 0) is 10.0 Å². The summed E-state index contributed by atoms with van der Waals surface area (Å²) in [7, 11) is 2.25. The van der Waals surface area contributed by atoms with Crippen LogP contribution in [0.1, 0.15) is 29.2 Å². The Morgan fingerprint density at radius 2 is 1.46 bits per heavy atom. The van der Waals surface area contributed by atoms with Gasteiger partial charge >= 0.3 is 0 Å². The SMILES string of the molecule is COc1ccc(OC)c([C@@H]2CC(c3ccc(OC)c(OC)c3)=NN2S(=O)(=O)c2ccc(C)cc2)c1. The van der Waals surface area contributed by atoms with Gasteiger partial charge in [0.25, 0.3) is 10.0 Å². The minimum Gasteiger partial charge on any atom is -0.497 e. The molecule has 1 aliphatic rings. The Kier molecular flexibility index (Phi) is 6.88. The van der Waals surface area contributed by atoms with E-state index in [1.54, 1.807) is 83.0 Å². The summed E-state index contributed by atoms with van der Waals surface area (Å²) in [4.78, 5) is 0.160. The topological polar surface area (TPSA) is 86.7 Å². The van der Waals surface area contributed by atoms with Crippen LogP contribution in [0.25, 0.3) is 0 Å². The number of aryl methyl sites for hydroxylation is 1. The Bertz CT molecular complexity index is 1350. The first kappa shape index (κ1) is 24.4. The number of hydrazone groups is 1. The molecule has 0 aromatic heterocycles. The largest absolute Gasteiger partial charge is 0.497 e. The minimum atomic E-state index is -3.97. The Morgan fingerprint density at radius 1 is 0.800 bits per heavy atom. The molecule has 3 aromatic carbocycles. The van der Waals surface area contributed by atoms with E-state index in [1.807, 2.05) is 13.0 Å². The highest BCUT2D eigenvalue weighted by atomic mass is 32.2. The Labute approximate surface area is 205 Å². The van der Waals surface area contributed by atoms with Crippen molar-refractivity contribution in [2.75, 3.05) is 28.4 Å². The number of methoxy groups -OCH3 is 4. The van der Waals surface area contributed by atoms with Gasteiger partial charge in [0, 0.05) is 17.5 Å². The van der Waals surface area contributed by atoms with Gasteiger partial charge in [-0.2, -0.15) is 17.9 Å². The standard InChI is InChI=1S/C26H28N2O6S/c1-17-6-10-20(11-7-17)35(29,30)28-23(21-15-19(31-2)9-13-24(21)32-3)16-22(27-28)18-8-12-25(33-4)26(14-18)34-5/h6-15,23H,16H2,1-5H3/t23-/m0/s1. The molecule has 0 spiro atoms. The third kappa shape index (κ3) is 4.64. The molecule has 0 aliphatic carbocycles. The van der Waals surface area contributed by atoms with Crippen molar-refractivity contribution < 1.29 is 27.4 Å². The zero-order valence-electron chi connectivity index (χ0n) is 20.3. The van der Waals surface area contributed by atoms with Crippen LogP contribution >= 0.6 is 0 Å². The number of hydrogen-bond acceptors (Lipinski definition) is 7. The molecule has 0 saturated carbocycles. The fourth-order valence-corrected chi connectivity index (χ4v) is 5.48. The second-order valence-electron chi connectivity index (χ2n) is 8.03. The number of ether oxygens (including phenoxy) is 4. The van der Waals surface area contributed by atoms with E-state index in [2.05, 4.69) is 5.10 Å². The second-order valence-corrected chi connectivity index (χ2v) is 9.83. The first-order valence-corrected chi connectivity index (χ1v) is 12.4. The summed E-state index contributed by atoms with van der Waals surface area (Å²) in [5.74, 6) is 2.24. The number of nitrogens with zero attached hydrogens (tertiary/aromatic N) is 2. The van der Waals surface area contributed by atoms with E-state index in [9.17, 15) is 8.42 Å². The van der Waals surface area contributed by atoms with Gasteiger partial charge in [0.2, 0.25) is 0 Å². The van der Waals surface area contributed by atoms with Crippen molar-refractivity contribution in [3.05, 3.63) is 77.4 Å². The first-order chi connectivity index (χ1) is 16.8. The first-order valence-electron chi connectivity index (χ1n) is 10.9. The van der Waals surface area contributed by atoms with Crippen LogP contribution in [-0.4, -0.2) is 47.0 Å². The quantitative estimate of drug-likeness (QED) is 0.454. The molecule has 0 amide bonds. The van der Waals surface area contributed by atoms with Gasteiger partial charge in [0.1, 0.15) is 11.5 Å². The summed E-state index contributed by atoms with van der Waals surface area (Å²) >= 11 is 0. The molecule has 9 heteroatoms. The molecule has 0 N–H and O–H groups in total. The zero-order chi connectivity index (χ0) is 25.2. The van der Waals surface area contributed by atoms with Gasteiger partial charge in [0.15, 0.2) is 11.5 Å². The third-order valence-electron chi connectivity index (χ3n) is 5.95. The van der Waals surface area contributed by atoms with Crippen LogP contribution in [0.5, 0.6) is 23.0 Å². The molecule has 4 rings (SSSR count). The predicted octanol–water partition coefficient (Wildman–Crippen LogP) is 4.57. The Balaban J connectivity index is 1.86. The van der Waals surface area contributed by atoms with Crippen molar-refractivity contribution in [2.24, 2.45) is 5.10 Å². The van der Waals surface area contributed by atoms with E-state index >= 15 is 0 Å². The highest BCUT2D eigenvalue weighted by molar-refractivity contribution is 7.89. The third-order valence-corrected chi connectivity index (χ3v) is 7.65. The van der Waals surface area contributed by atoms with E-state index in [-0.39, 0.29) is 4.90 Å². The van der Waals surface area contributed by atoms with Crippen LogP contribution in [0.15, 0.2) is 70.7 Å². The molecule has 8 nitrogen and oxygen atoms in total. The number of sulfonamides is 1. The molecule has 184 valence electrons. The normalized spacial score (nSPS) is 15.5. The summed E-state index contributed by atoms with van der Waals surface area (Å²) in [6.07, 6.45) is 0.324. The summed E-state index contributed by atoms with van der Waals surface area (Å²) in [6, 6.07) is 16.8. The summed E-state index contributed by atoms with van der Waals surface area (Å²) in [5.41, 5.74) is 2.94. The average molecular weight is 497 g/mol. The highest BCUT2D eigenvalue weighted by Crippen LogP contribution is 2.42. The predicted molar refractivity (Wildman–Crippen MR) is 133 cm³/mol. The van der Waals surface area contributed by atoms with Gasteiger partial charge in [-0.25, -0.2) is 0 Å². The van der Waals surface area contributed by atoms with E-state index in [0.29, 0.717) is 40.7 Å². The van der Waals surface area contributed by atoms with Crippen molar-refractivity contribution in [3.8, 4) is 23.0 Å². The number of rotatable bonds is 8. The van der Waals surface area contributed by atoms with E-state index < -0.39 is 16.1 Å². The Hall–Kier alpha value is -3.72. The van der Waals surface area contributed by atoms with Crippen molar-refractivity contribution in [1.29, 1.82) is 0 Å². The van der Waals surface area contributed by atoms with Crippen LogP contribution < -0.4 is 18.9 Å². The summed E-state index contributed by atoms with van der Waals surface area (Å²) in [6.45, 7) is 1.91. The zero-order valence-corrected chi connectivity index (χ0v) is 21.1. The lowest BCUT2D eigenvalue weighted by Crippen LogP contribution is -2.27. The van der Waals surface area contributed by atoms with Gasteiger partial charge in [-0.3, -0.25) is 0 Å². The maximum absolute atomic E-state index is 13.8. The van der Waals surface area contributed by atoms with Gasteiger partial charge < -0.3 is 18.9 Å². The number of benzene rings is 3. The Morgan fingerprint density at radius 3 is 2.09 bits per heavy atom. The van der Waals surface area contributed by atoms with Gasteiger partial charge in [-0.1, -0.05) is 17.7 Å². The molecule has 0 bridgehead atoms. The average Bonchev–Trinajstić information content (AvgIpc) is 3.34. The van der Waals surface area contributed by atoms with Gasteiger partial charge in [-0.15, -0.1) is 0 Å². The van der Waals surface area contributed by atoms with Crippen LogP contribution in [0, 0.1) is 6.92 Å². The molecule has 1 heterocycles. The van der Waals surface area contributed by atoms with Crippen LogP contribution in [0.2, 0.25) is 0 Å². The molecule has 0 unspecified atom stereocenters. The summed E-state index contributed by atoms with van der Waals surface area (Å²) in [5, 5.41) is 4.62. The van der Waals surface area contributed by atoms with E-state index in [0.717, 1.165) is 11.1 Å². The van der Waals surface area contributed by atoms with Gasteiger partial charge in [0.05, 0.1) is 45.1 Å². The summed E-state index contributed by atoms with van der Waals surface area (Å²) < 4.78 is 50.5. The molecular formula is C26H28N2O6S. The second kappa shape index (κ2) is 9.87. The molecule has 1 atom stereocenters.